The molecule has 1 aliphatic rings. The van der Waals surface area contributed by atoms with Crippen molar-refractivity contribution < 1.29 is 0 Å². The number of hydrogen-bond acceptors (Lipinski definition) is 1. The zero-order valence-electron chi connectivity index (χ0n) is 8.92. The van der Waals surface area contributed by atoms with Crippen LogP contribution in [-0.2, 0) is 0 Å². The molecule has 1 aliphatic carbocycles. The van der Waals surface area contributed by atoms with Crippen LogP contribution in [0, 0.1) is 29.1 Å². The zero-order chi connectivity index (χ0) is 9.68. The normalized spacial score (nSPS) is 34.1. The molecule has 0 aromatic heterocycles. The predicted octanol–water partition coefficient (Wildman–Crippen LogP) is 3.75. The zero-order valence-corrected chi connectivity index (χ0v) is 8.92. The first kappa shape index (κ1) is 10.6. The fourth-order valence-corrected chi connectivity index (χ4v) is 2.66. The van der Waals surface area contributed by atoms with Crippen molar-refractivity contribution in [2.24, 2.45) is 17.8 Å². The second-order valence-corrected chi connectivity index (χ2v) is 4.57. The van der Waals surface area contributed by atoms with E-state index in [0.717, 1.165) is 18.3 Å². The van der Waals surface area contributed by atoms with Gasteiger partial charge in [-0.3, -0.25) is 0 Å². The Hall–Kier alpha value is -0.510. The highest BCUT2D eigenvalue weighted by Gasteiger charge is 2.26. The van der Waals surface area contributed by atoms with Crippen molar-refractivity contribution in [3.8, 4) is 6.07 Å². The summed E-state index contributed by atoms with van der Waals surface area (Å²) in [7, 11) is 0. The maximum absolute atomic E-state index is 8.66. The highest BCUT2D eigenvalue weighted by atomic mass is 14.3. The molecule has 1 heteroatoms. The second kappa shape index (κ2) is 5.27. The highest BCUT2D eigenvalue weighted by molar-refractivity contribution is 4.84. The van der Waals surface area contributed by atoms with Gasteiger partial charge in [0.1, 0.15) is 0 Å². The van der Waals surface area contributed by atoms with Crippen molar-refractivity contribution in [2.45, 2.75) is 52.4 Å². The Morgan fingerprint density at radius 2 is 2.15 bits per heavy atom. The van der Waals surface area contributed by atoms with Crippen LogP contribution in [0.1, 0.15) is 52.4 Å². The fourth-order valence-electron chi connectivity index (χ4n) is 2.66. The summed E-state index contributed by atoms with van der Waals surface area (Å²) >= 11 is 0. The monoisotopic (exact) mass is 179 g/mol. The molecule has 0 amide bonds. The van der Waals surface area contributed by atoms with Crippen molar-refractivity contribution in [1.29, 1.82) is 5.26 Å². The molecule has 0 N–H and O–H groups in total. The van der Waals surface area contributed by atoms with E-state index in [1.54, 1.807) is 0 Å². The minimum absolute atomic E-state index is 0.693. The Morgan fingerprint density at radius 1 is 1.38 bits per heavy atom. The molecule has 74 valence electrons. The third-order valence-corrected chi connectivity index (χ3v) is 3.51. The summed E-state index contributed by atoms with van der Waals surface area (Å²) in [5.41, 5.74) is 0. The van der Waals surface area contributed by atoms with Gasteiger partial charge in [-0.2, -0.15) is 5.26 Å². The molecule has 1 rings (SSSR count). The minimum Gasteiger partial charge on any atom is -0.198 e. The summed E-state index contributed by atoms with van der Waals surface area (Å²) in [4.78, 5) is 0. The standard InChI is InChI=1S/C12H21N/c1-3-4-11-5-6-12(7-8-13)10(2)9-11/h10-12H,3-7,9H2,1-2H3/t10-,11?,12+/m1/s1. The molecular weight excluding hydrogens is 158 g/mol. The first-order valence-electron chi connectivity index (χ1n) is 5.64. The summed E-state index contributed by atoms with van der Waals surface area (Å²) in [6.07, 6.45) is 7.51. The van der Waals surface area contributed by atoms with Crippen LogP contribution in [0.3, 0.4) is 0 Å². The van der Waals surface area contributed by atoms with Crippen LogP contribution in [0.25, 0.3) is 0 Å². The van der Waals surface area contributed by atoms with Crippen LogP contribution in [-0.4, -0.2) is 0 Å². The molecule has 1 fully saturated rings. The molecule has 0 aliphatic heterocycles. The highest BCUT2D eigenvalue weighted by Crippen LogP contribution is 2.37. The van der Waals surface area contributed by atoms with Crippen LogP contribution < -0.4 is 0 Å². The number of hydrogen-bond donors (Lipinski definition) is 0. The van der Waals surface area contributed by atoms with Gasteiger partial charge in [-0.25, -0.2) is 0 Å². The van der Waals surface area contributed by atoms with Crippen LogP contribution >= 0.6 is 0 Å². The Morgan fingerprint density at radius 3 is 2.69 bits per heavy atom. The molecule has 0 aromatic rings. The molecule has 0 bridgehead atoms. The van der Waals surface area contributed by atoms with Gasteiger partial charge in [-0.05, 0) is 30.6 Å². The van der Waals surface area contributed by atoms with E-state index in [1.165, 1.54) is 32.1 Å². The van der Waals surface area contributed by atoms with Gasteiger partial charge >= 0.3 is 0 Å². The Labute approximate surface area is 82.1 Å². The molecule has 0 radical (unpaired) electrons. The largest absolute Gasteiger partial charge is 0.198 e. The van der Waals surface area contributed by atoms with Gasteiger partial charge in [0.15, 0.2) is 0 Å². The lowest BCUT2D eigenvalue weighted by molar-refractivity contribution is 0.188. The topological polar surface area (TPSA) is 23.8 Å². The van der Waals surface area contributed by atoms with E-state index in [2.05, 4.69) is 19.9 Å². The van der Waals surface area contributed by atoms with E-state index in [1.807, 2.05) is 0 Å². The molecule has 1 saturated carbocycles. The van der Waals surface area contributed by atoms with Gasteiger partial charge in [0, 0.05) is 6.42 Å². The summed E-state index contributed by atoms with van der Waals surface area (Å²) < 4.78 is 0. The van der Waals surface area contributed by atoms with Gasteiger partial charge in [0.2, 0.25) is 0 Å². The maximum Gasteiger partial charge on any atom is 0.0624 e. The van der Waals surface area contributed by atoms with E-state index >= 15 is 0 Å². The molecular formula is C12H21N. The summed E-state index contributed by atoms with van der Waals surface area (Å²) in [5.74, 6) is 2.43. The molecule has 0 aromatic carbocycles. The number of rotatable bonds is 3. The average molecular weight is 179 g/mol. The maximum atomic E-state index is 8.66. The van der Waals surface area contributed by atoms with Gasteiger partial charge in [0.25, 0.3) is 0 Å². The van der Waals surface area contributed by atoms with E-state index < -0.39 is 0 Å². The lowest BCUT2D eigenvalue weighted by Crippen LogP contribution is -2.22. The third kappa shape index (κ3) is 3.03. The van der Waals surface area contributed by atoms with Gasteiger partial charge in [0.05, 0.1) is 6.07 Å². The SMILES string of the molecule is CCCC1CC[C@@H](CC#N)[C@H](C)C1. The number of nitrogens with zero attached hydrogens (tertiary/aromatic N) is 1. The van der Waals surface area contributed by atoms with Gasteiger partial charge in [-0.15, -0.1) is 0 Å². The average Bonchev–Trinajstić information content (AvgIpc) is 2.10. The van der Waals surface area contributed by atoms with E-state index in [9.17, 15) is 0 Å². The van der Waals surface area contributed by atoms with Crippen LogP contribution in [0.5, 0.6) is 0 Å². The van der Waals surface area contributed by atoms with E-state index in [0.29, 0.717) is 5.92 Å². The molecule has 1 nitrogen and oxygen atoms in total. The van der Waals surface area contributed by atoms with Crippen molar-refractivity contribution >= 4 is 0 Å². The molecule has 0 heterocycles. The van der Waals surface area contributed by atoms with Crippen molar-refractivity contribution in [2.75, 3.05) is 0 Å². The first-order chi connectivity index (χ1) is 6.27. The Kier molecular flexibility index (Phi) is 4.28. The molecule has 3 atom stereocenters. The van der Waals surface area contributed by atoms with Gasteiger partial charge in [-0.1, -0.05) is 33.1 Å². The van der Waals surface area contributed by atoms with Crippen LogP contribution in [0.4, 0.5) is 0 Å². The summed E-state index contributed by atoms with van der Waals surface area (Å²) in [6.45, 7) is 4.59. The van der Waals surface area contributed by atoms with Crippen molar-refractivity contribution in [3.05, 3.63) is 0 Å². The van der Waals surface area contributed by atoms with Crippen molar-refractivity contribution in [3.63, 3.8) is 0 Å². The quantitative estimate of drug-likeness (QED) is 0.647. The molecule has 0 spiro atoms. The smallest absolute Gasteiger partial charge is 0.0624 e. The fraction of sp³-hybridized carbons (Fsp3) is 0.917. The Balaban J connectivity index is 2.33. The van der Waals surface area contributed by atoms with E-state index in [4.69, 9.17) is 5.26 Å². The van der Waals surface area contributed by atoms with Crippen LogP contribution in [0.15, 0.2) is 0 Å². The second-order valence-electron chi connectivity index (χ2n) is 4.57. The molecule has 13 heavy (non-hydrogen) atoms. The Bertz CT molecular complexity index is 180. The van der Waals surface area contributed by atoms with Crippen LogP contribution in [0.2, 0.25) is 0 Å². The minimum atomic E-state index is 0.693. The van der Waals surface area contributed by atoms with Gasteiger partial charge < -0.3 is 0 Å². The predicted molar refractivity (Wildman–Crippen MR) is 55.1 cm³/mol. The summed E-state index contributed by atoms with van der Waals surface area (Å²) in [6, 6.07) is 2.31. The molecule has 0 saturated heterocycles. The lowest BCUT2D eigenvalue weighted by Gasteiger charge is -2.32. The molecule has 1 unspecified atom stereocenters. The third-order valence-electron chi connectivity index (χ3n) is 3.51. The van der Waals surface area contributed by atoms with Crippen molar-refractivity contribution in [1.82, 2.24) is 0 Å². The summed E-state index contributed by atoms with van der Waals surface area (Å²) in [5, 5.41) is 8.66. The number of nitriles is 1. The first-order valence-corrected chi connectivity index (χ1v) is 5.64. The van der Waals surface area contributed by atoms with E-state index in [-0.39, 0.29) is 0 Å². The lowest BCUT2D eigenvalue weighted by atomic mass is 9.72.